The minimum Gasteiger partial charge on any atom is -0.394 e. The van der Waals surface area contributed by atoms with Gasteiger partial charge in [0.25, 0.3) is 0 Å². The Balaban J connectivity index is 1.11. The molecule has 1 aliphatic heterocycles. The number of aryl methyl sites for hydroxylation is 1. The molecule has 2 heterocycles. The average Bonchev–Trinajstić information content (AvgIpc) is 3.56. The molecule has 11 heteroatoms. The molecule has 2 amide bonds. The van der Waals surface area contributed by atoms with Crippen molar-refractivity contribution in [2.75, 3.05) is 24.7 Å². The minimum atomic E-state index is -0.647. The molecule has 0 fully saturated rings. The number of aliphatic hydroxyl groups excluding tert-OH is 1. The number of aliphatic hydroxyl groups is 1. The van der Waals surface area contributed by atoms with Gasteiger partial charge < -0.3 is 25.4 Å². The number of nitrogens with zero attached hydrogens (tertiary/aromatic N) is 5. The Kier molecular flexibility index (Phi) is 11.6. The molecule has 0 saturated heterocycles. The lowest BCUT2D eigenvalue weighted by atomic mass is 9.98. The van der Waals surface area contributed by atoms with Gasteiger partial charge in [-0.15, -0.1) is 5.10 Å². The fraction of sp³-hybridized carbons (Fsp3) is 0.325. The summed E-state index contributed by atoms with van der Waals surface area (Å²) in [5.74, 6) is 0.282. The van der Waals surface area contributed by atoms with Crippen molar-refractivity contribution in [3.8, 4) is 22.5 Å². The number of aromatic nitrogens is 4. The van der Waals surface area contributed by atoms with Crippen molar-refractivity contribution in [3.63, 3.8) is 0 Å². The summed E-state index contributed by atoms with van der Waals surface area (Å²) in [6, 6.07) is 33.3. The highest BCUT2D eigenvalue weighted by atomic mass is 16.5. The largest absolute Gasteiger partial charge is 0.394 e. The third kappa shape index (κ3) is 9.12. The molecule has 0 spiro atoms. The normalized spacial score (nSPS) is 14.6. The van der Waals surface area contributed by atoms with Crippen molar-refractivity contribution < 1.29 is 19.4 Å². The number of hydrogen-bond donors (Lipinski definition) is 3. The number of carbonyl (C=O) groups excluding carboxylic acids is 2. The van der Waals surface area contributed by atoms with Crippen LogP contribution in [0.5, 0.6) is 0 Å². The molecular formula is C40H45N7O4. The predicted octanol–water partition coefficient (Wildman–Crippen LogP) is 4.94. The van der Waals surface area contributed by atoms with Crippen LogP contribution < -0.4 is 15.5 Å². The Morgan fingerprint density at radius 1 is 0.922 bits per heavy atom. The standard InChI is InChI=1S/C40H45N7O4/c1-40(2,41-22-25-51-28-30-10-4-3-5-11-30)26-37(49)42-35-21-20-32-12-6-9-15-36(32)46(39(35)50)27-29-16-18-31(19-17-29)33-13-7-8-14-34(33)38-43-44-45-47(38)23-24-48/h3-19,35,41,48H,20-28H2,1-2H3,(H,42,49)/t35-/m1/s1. The van der Waals surface area contributed by atoms with E-state index in [0.29, 0.717) is 51.5 Å². The fourth-order valence-electron chi connectivity index (χ4n) is 6.49. The number of ether oxygens (including phenoxy) is 1. The Bertz CT molecular complexity index is 1910. The second-order valence-electron chi connectivity index (χ2n) is 13.4. The molecule has 6 rings (SSSR count). The van der Waals surface area contributed by atoms with Crippen LogP contribution in [0.25, 0.3) is 22.5 Å². The highest BCUT2D eigenvalue weighted by Crippen LogP contribution is 2.32. The molecule has 11 nitrogen and oxygen atoms in total. The number of para-hydroxylation sites is 1. The summed E-state index contributed by atoms with van der Waals surface area (Å²) < 4.78 is 7.38. The summed E-state index contributed by atoms with van der Waals surface area (Å²) in [6.45, 7) is 6.22. The van der Waals surface area contributed by atoms with Gasteiger partial charge in [0, 0.05) is 29.8 Å². The lowest BCUT2D eigenvalue weighted by Crippen LogP contribution is -2.51. The zero-order chi connectivity index (χ0) is 35.6. The summed E-state index contributed by atoms with van der Waals surface area (Å²) in [5.41, 5.74) is 6.31. The second-order valence-corrected chi connectivity index (χ2v) is 13.4. The first-order chi connectivity index (χ1) is 24.8. The summed E-state index contributed by atoms with van der Waals surface area (Å²) in [4.78, 5) is 29.3. The molecule has 3 N–H and O–H groups in total. The van der Waals surface area contributed by atoms with Crippen LogP contribution in [0.3, 0.4) is 0 Å². The molecule has 4 aromatic carbocycles. The highest BCUT2D eigenvalue weighted by Gasteiger charge is 2.32. The van der Waals surface area contributed by atoms with Crippen molar-refractivity contribution in [2.45, 2.75) is 64.4 Å². The van der Waals surface area contributed by atoms with Crippen LogP contribution in [-0.2, 0) is 40.4 Å². The van der Waals surface area contributed by atoms with Crippen molar-refractivity contribution in [3.05, 3.63) is 120 Å². The molecule has 0 saturated carbocycles. The first kappa shape index (κ1) is 35.6. The van der Waals surface area contributed by atoms with E-state index in [9.17, 15) is 14.7 Å². The predicted molar refractivity (Wildman–Crippen MR) is 196 cm³/mol. The smallest absolute Gasteiger partial charge is 0.249 e. The quantitative estimate of drug-likeness (QED) is 0.132. The molecule has 0 unspecified atom stereocenters. The average molecular weight is 688 g/mol. The Labute approximate surface area is 298 Å². The number of anilines is 1. The summed E-state index contributed by atoms with van der Waals surface area (Å²) in [6.07, 6.45) is 1.41. The topological polar surface area (TPSA) is 134 Å². The number of hydrogen-bond acceptors (Lipinski definition) is 8. The highest BCUT2D eigenvalue weighted by molar-refractivity contribution is 6.00. The zero-order valence-electron chi connectivity index (χ0n) is 29.2. The van der Waals surface area contributed by atoms with Crippen LogP contribution in [0.4, 0.5) is 5.69 Å². The van der Waals surface area contributed by atoms with E-state index in [1.165, 1.54) is 0 Å². The maximum absolute atomic E-state index is 14.2. The van der Waals surface area contributed by atoms with Crippen LogP contribution in [-0.4, -0.2) is 68.5 Å². The van der Waals surface area contributed by atoms with E-state index in [1.807, 2.05) is 111 Å². The van der Waals surface area contributed by atoms with Crippen LogP contribution in [0, 0.1) is 0 Å². The van der Waals surface area contributed by atoms with Crippen molar-refractivity contribution in [2.24, 2.45) is 0 Å². The number of tetrazole rings is 1. The molecule has 1 atom stereocenters. The van der Waals surface area contributed by atoms with E-state index in [0.717, 1.165) is 39.1 Å². The van der Waals surface area contributed by atoms with Gasteiger partial charge in [-0.05, 0) is 71.0 Å². The van der Waals surface area contributed by atoms with Crippen LogP contribution in [0.15, 0.2) is 103 Å². The zero-order valence-corrected chi connectivity index (χ0v) is 29.2. The van der Waals surface area contributed by atoms with Gasteiger partial charge in [-0.2, -0.15) is 0 Å². The van der Waals surface area contributed by atoms with E-state index < -0.39 is 11.6 Å². The molecule has 0 radical (unpaired) electrons. The van der Waals surface area contributed by atoms with Crippen LogP contribution >= 0.6 is 0 Å². The first-order valence-corrected chi connectivity index (χ1v) is 17.4. The van der Waals surface area contributed by atoms with Gasteiger partial charge in [-0.3, -0.25) is 9.59 Å². The molecule has 0 aliphatic carbocycles. The van der Waals surface area contributed by atoms with Gasteiger partial charge in [0.05, 0.1) is 32.9 Å². The molecule has 1 aromatic heterocycles. The summed E-state index contributed by atoms with van der Waals surface area (Å²) >= 11 is 0. The van der Waals surface area contributed by atoms with Gasteiger partial charge >= 0.3 is 0 Å². The second kappa shape index (κ2) is 16.7. The van der Waals surface area contributed by atoms with E-state index >= 15 is 0 Å². The third-order valence-electron chi connectivity index (χ3n) is 9.07. The first-order valence-electron chi connectivity index (χ1n) is 17.4. The minimum absolute atomic E-state index is 0.0707. The third-order valence-corrected chi connectivity index (χ3v) is 9.07. The maximum Gasteiger partial charge on any atom is 0.249 e. The monoisotopic (exact) mass is 687 g/mol. The summed E-state index contributed by atoms with van der Waals surface area (Å²) in [5, 5.41) is 28.0. The number of benzene rings is 4. The molecule has 0 bridgehead atoms. The Morgan fingerprint density at radius 2 is 1.65 bits per heavy atom. The van der Waals surface area contributed by atoms with E-state index in [2.05, 4.69) is 32.2 Å². The van der Waals surface area contributed by atoms with Crippen molar-refractivity contribution in [1.82, 2.24) is 30.8 Å². The number of nitrogens with one attached hydrogen (secondary N) is 2. The van der Waals surface area contributed by atoms with Crippen LogP contribution in [0.2, 0.25) is 0 Å². The number of amides is 2. The SMILES string of the molecule is CC(C)(CC(=O)N[C@@H]1CCc2ccccc2N(Cc2ccc(-c3ccccc3-c3nnnn3CCO)cc2)C1=O)NCCOCc1ccccc1. The van der Waals surface area contributed by atoms with Gasteiger partial charge in [-0.1, -0.05) is 97.1 Å². The Hall–Kier alpha value is -5.23. The van der Waals surface area contributed by atoms with Crippen molar-refractivity contribution >= 4 is 17.5 Å². The van der Waals surface area contributed by atoms with E-state index in [4.69, 9.17) is 4.74 Å². The number of fused-ring (bicyclic) bond motifs is 1. The fourth-order valence-corrected chi connectivity index (χ4v) is 6.49. The molecule has 264 valence electrons. The lowest BCUT2D eigenvalue weighted by molar-refractivity contribution is -0.128. The van der Waals surface area contributed by atoms with Gasteiger partial charge in [-0.25, -0.2) is 4.68 Å². The van der Waals surface area contributed by atoms with Gasteiger partial charge in [0.1, 0.15) is 6.04 Å². The van der Waals surface area contributed by atoms with Crippen LogP contribution in [0.1, 0.15) is 43.4 Å². The maximum atomic E-state index is 14.2. The molecule has 51 heavy (non-hydrogen) atoms. The van der Waals surface area contributed by atoms with Gasteiger partial charge in [0.15, 0.2) is 5.82 Å². The molecular weight excluding hydrogens is 642 g/mol. The van der Waals surface area contributed by atoms with E-state index in [1.54, 1.807) is 9.58 Å². The van der Waals surface area contributed by atoms with Crippen molar-refractivity contribution in [1.29, 1.82) is 0 Å². The Morgan fingerprint density at radius 3 is 2.43 bits per heavy atom. The number of carbonyl (C=O) groups is 2. The molecule has 1 aliphatic rings. The number of rotatable bonds is 15. The molecule has 5 aromatic rings. The lowest BCUT2D eigenvalue weighted by Gasteiger charge is -2.29. The summed E-state index contributed by atoms with van der Waals surface area (Å²) in [7, 11) is 0. The van der Waals surface area contributed by atoms with E-state index in [-0.39, 0.29) is 24.8 Å². The van der Waals surface area contributed by atoms with Gasteiger partial charge in [0.2, 0.25) is 11.8 Å².